The van der Waals surface area contributed by atoms with Crippen molar-refractivity contribution in [3.8, 4) is 11.5 Å². The summed E-state index contributed by atoms with van der Waals surface area (Å²) >= 11 is 6.00. The Morgan fingerprint density at radius 1 is 1.27 bits per heavy atom. The minimum atomic E-state index is -0.342. The number of hydrazone groups is 1. The van der Waals surface area contributed by atoms with Crippen molar-refractivity contribution in [3.05, 3.63) is 53.1 Å². The Kier molecular flexibility index (Phi) is 6.81. The van der Waals surface area contributed by atoms with Gasteiger partial charge in [0.1, 0.15) is 0 Å². The van der Waals surface area contributed by atoms with E-state index < -0.39 is 0 Å². The fourth-order valence-corrected chi connectivity index (χ4v) is 2.15. The summed E-state index contributed by atoms with van der Waals surface area (Å²) < 4.78 is 10.8. The first-order valence-corrected chi connectivity index (χ1v) is 7.90. The summed E-state index contributed by atoms with van der Waals surface area (Å²) in [6.45, 7) is -0.198. The van der Waals surface area contributed by atoms with Gasteiger partial charge < -0.3 is 26.3 Å². The Balaban J connectivity index is 2.00. The maximum absolute atomic E-state index is 12.0. The molecule has 2 aromatic rings. The monoisotopic (exact) mass is 376 g/mol. The molecule has 0 saturated heterocycles. The quantitative estimate of drug-likeness (QED) is 0.309. The maximum Gasteiger partial charge on any atom is 0.262 e. The van der Waals surface area contributed by atoms with Crippen molar-refractivity contribution in [1.82, 2.24) is 0 Å². The van der Waals surface area contributed by atoms with Gasteiger partial charge in [0.05, 0.1) is 17.8 Å². The first-order chi connectivity index (χ1) is 12.5. The van der Waals surface area contributed by atoms with Gasteiger partial charge in [-0.3, -0.25) is 4.79 Å². The average Bonchev–Trinajstić information content (AvgIpc) is 2.62. The molecule has 0 aliphatic carbocycles. The van der Waals surface area contributed by atoms with Crippen molar-refractivity contribution in [1.29, 1.82) is 0 Å². The number of amides is 1. The van der Waals surface area contributed by atoms with E-state index in [1.165, 1.54) is 7.11 Å². The number of methoxy groups -OCH3 is 1. The number of hydrogen-bond acceptors (Lipinski definition) is 4. The lowest BCUT2D eigenvalue weighted by molar-refractivity contribution is -0.456. The van der Waals surface area contributed by atoms with Crippen molar-refractivity contribution in [2.45, 2.75) is 0 Å². The second-order valence-corrected chi connectivity index (χ2v) is 5.44. The van der Waals surface area contributed by atoms with Gasteiger partial charge in [-0.1, -0.05) is 23.7 Å². The number of nitrogens with zero attached hydrogens (tertiary/aromatic N) is 1. The molecule has 9 heteroatoms. The second kappa shape index (κ2) is 9.28. The van der Waals surface area contributed by atoms with E-state index in [0.29, 0.717) is 22.2 Å². The van der Waals surface area contributed by atoms with E-state index in [-0.39, 0.29) is 18.5 Å². The normalized spacial score (nSPS) is 10.4. The molecule has 1 amide bonds. The molecule has 0 bridgehead atoms. The maximum atomic E-state index is 12.0. The van der Waals surface area contributed by atoms with Crippen molar-refractivity contribution >= 4 is 35.4 Å². The van der Waals surface area contributed by atoms with Crippen LogP contribution in [-0.4, -0.2) is 31.8 Å². The highest BCUT2D eigenvalue weighted by Crippen LogP contribution is 2.27. The van der Waals surface area contributed by atoms with E-state index in [0.717, 1.165) is 5.56 Å². The lowest BCUT2D eigenvalue weighted by atomic mass is 10.2. The van der Waals surface area contributed by atoms with Crippen LogP contribution in [0.3, 0.4) is 0 Å². The number of rotatable bonds is 7. The van der Waals surface area contributed by atoms with E-state index >= 15 is 0 Å². The molecule has 26 heavy (non-hydrogen) atoms. The van der Waals surface area contributed by atoms with Crippen LogP contribution in [0.25, 0.3) is 0 Å². The third-order valence-electron chi connectivity index (χ3n) is 3.12. The van der Waals surface area contributed by atoms with Crippen LogP contribution in [0.4, 0.5) is 5.69 Å². The minimum Gasteiger partial charge on any atom is -0.493 e. The molecule has 136 valence electrons. The zero-order valence-corrected chi connectivity index (χ0v) is 14.8. The molecule has 0 heterocycles. The third-order valence-corrected chi connectivity index (χ3v) is 3.45. The molecule has 0 aliphatic rings. The van der Waals surface area contributed by atoms with Crippen molar-refractivity contribution in [2.75, 3.05) is 19.0 Å². The predicted octanol–water partition coefficient (Wildman–Crippen LogP) is 0.0540. The largest absolute Gasteiger partial charge is 0.493 e. The van der Waals surface area contributed by atoms with Crippen LogP contribution in [-0.2, 0) is 4.79 Å². The van der Waals surface area contributed by atoms with E-state index in [1.54, 1.807) is 48.7 Å². The van der Waals surface area contributed by atoms with Gasteiger partial charge in [0.15, 0.2) is 18.1 Å². The molecule has 0 atom stereocenters. The smallest absolute Gasteiger partial charge is 0.262 e. The van der Waals surface area contributed by atoms with Gasteiger partial charge in [0.25, 0.3) is 11.9 Å². The Hall–Kier alpha value is -3.26. The fraction of sp³-hybridized carbons (Fsp3) is 0.118. The third kappa shape index (κ3) is 5.67. The van der Waals surface area contributed by atoms with Crippen molar-refractivity contribution < 1.29 is 19.4 Å². The molecule has 0 fully saturated rings. The highest BCUT2D eigenvalue weighted by Gasteiger charge is 2.10. The summed E-state index contributed by atoms with van der Waals surface area (Å²) in [6, 6.07) is 12.1. The highest BCUT2D eigenvalue weighted by molar-refractivity contribution is 6.33. The zero-order chi connectivity index (χ0) is 18.9. The topological polar surface area (TPSA) is 126 Å². The Morgan fingerprint density at radius 3 is 2.73 bits per heavy atom. The number of carbonyl (C=O) groups excluding carboxylic acids is 1. The van der Waals surface area contributed by atoms with Gasteiger partial charge in [-0.15, -0.1) is 5.10 Å². The highest BCUT2D eigenvalue weighted by atomic mass is 35.5. The van der Waals surface area contributed by atoms with E-state index in [2.05, 4.69) is 15.5 Å². The van der Waals surface area contributed by atoms with Crippen LogP contribution in [0, 0.1) is 0 Å². The lowest BCUT2D eigenvalue weighted by Gasteiger charge is -2.11. The molecule has 0 spiro atoms. The Labute approximate surface area is 155 Å². The summed E-state index contributed by atoms with van der Waals surface area (Å²) in [6.07, 6.45) is 1.58. The van der Waals surface area contributed by atoms with Gasteiger partial charge in [0.2, 0.25) is 6.21 Å². The standard InChI is InChI=1S/C17H18ClN5O3/c1-25-15-8-11(9-21-23-17(19)20)6-7-14(15)26-10-16(24)22-13-5-3-2-4-12(13)18/h2-9H,10H2,1H3,(H,22,24)(H4,19,20,23)/p+1/b21-9+. The fourth-order valence-electron chi connectivity index (χ4n) is 1.97. The molecule has 0 unspecified atom stereocenters. The first-order valence-electron chi connectivity index (χ1n) is 7.52. The molecule has 0 aliphatic heterocycles. The number of para-hydroxylation sites is 1. The molecule has 0 radical (unpaired) electrons. The number of benzene rings is 2. The van der Waals surface area contributed by atoms with Crippen LogP contribution in [0.5, 0.6) is 11.5 Å². The number of guanidine groups is 1. The molecule has 0 aromatic heterocycles. The lowest BCUT2D eigenvalue weighted by Crippen LogP contribution is -2.63. The molecule has 2 aromatic carbocycles. The number of hydrogen-bond donors (Lipinski definition) is 4. The number of halogens is 1. The van der Waals surface area contributed by atoms with Crippen molar-refractivity contribution in [3.63, 3.8) is 0 Å². The summed E-state index contributed by atoms with van der Waals surface area (Å²) in [5.74, 6) is 0.444. The van der Waals surface area contributed by atoms with Crippen molar-refractivity contribution in [2.24, 2.45) is 16.6 Å². The van der Waals surface area contributed by atoms with Crippen LogP contribution >= 0.6 is 11.6 Å². The first kappa shape index (κ1) is 19.1. The number of nitrogens with one attached hydrogen (secondary N) is 2. The van der Waals surface area contributed by atoms with E-state index in [9.17, 15) is 4.79 Å². The Bertz CT molecular complexity index is 835. The van der Waals surface area contributed by atoms with E-state index in [1.807, 2.05) is 0 Å². The number of nitrogens with two attached hydrogens (primary N) is 2. The predicted molar refractivity (Wildman–Crippen MR) is 101 cm³/mol. The molecule has 8 nitrogen and oxygen atoms in total. The zero-order valence-electron chi connectivity index (χ0n) is 14.0. The summed E-state index contributed by atoms with van der Waals surface area (Å²) in [4.78, 5) is 12.0. The molecular weight excluding hydrogens is 358 g/mol. The van der Waals surface area contributed by atoms with Crippen LogP contribution < -0.4 is 31.4 Å². The number of carbonyl (C=O) groups is 1. The summed E-state index contributed by atoms with van der Waals surface area (Å²) in [5.41, 5.74) is 11.7. The molecular formula is C17H19ClN5O3+. The van der Waals surface area contributed by atoms with Crippen LogP contribution in [0.1, 0.15) is 5.56 Å². The minimum absolute atomic E-state index is 0.0855. The van der Waals surface area contributed by atoms with Gasteiger partial charge in [-0.05, 0) is 30.3 Å². The molecule has 0 saturated carbocycles. The van der Waals surface area contributed by atoms with Gasteiger partial charge in [0, 0.05) is 10.7 Å². The number of ether oxygens (including phenoxy) is 2. The van der Waals surface area contributed by atoms with Crippen LogP contribution in [0.2, 0.25) is 5.02 Å². The molecule has 6 N–H and O–H groups in total. The van der Waals surface area contributed by atoms with Gasteiger partial charge in [-0.2, -0.15) is 0 Å². The van der Waals surface area contributed by atoms with Gasteiger partial charge in [-0.25, -0.2) is 0 Å². The van der Waals surface area contributed by atoms with Crippen LogP contribution in [0.15, 0.2) is 47.6 Å². The summed E-state index contributed by atoms with van der Waals surface area (Å²) in [7, 11) is 1.50. The second-order valence-electron chi connectivity index (χ2n) is 5.04. The molecule has 2 rings (SSSR count). The van der Waals surface area contributed by atoms with Gasteiger partial charge >= 0.3 is 0 Å². The summed E-state index contributed by atoms with van der Waals surface area (Å²) in [5, 5.41) is 9.36. The van der Waals surface area contributed by atoms with E-state index in [4.69, 9.17) is 32.5 Å². The Morgan fingerprint density at radius 2 is 2.04 bits per heavy atom. The average molecular weight is 377 g/mol. The number of anilines is 1. The SMILES string of the molecule is COc1cc(/C=[NH+]/N=C(N)N)ccc1OCC(=O)Nc1ccccc1Cl.